The fourth-order valence-electron chi connectivity index (χ4n) is 3.18. The summed E-state index contributed by atoms with van der Waals surface area (Å²) in [6.07, 6.45) is 3.39. The van der Waals surface area contributed by atoms with Crippen molar-refractivity contribution in [3.8, 4) is 6.07 Å². The predicted molar refractivity (Wildman–Crippen MR) is 88.7 cm³/mol. The number of aryl methyl sites for hydroxylation is 1. The van der Waals surface area contributed by atoms with Crippen molar-refractivity contribution in [2.45, 2.75) is 25.3 Å². The van der Waals surface area contributed by atoms with Crippen LogP contribution < -0.4 is 10.6 Å². The van der Waals surface area contributed by atoms with E-state index in [0.717, 1.165) is 19.3 Å². The topological polar surface area (TPSA) is 69.5 Å². The molecule has 1 aliphatic carbocycles. The minimum Gasteiger partial charge on any atom is -0.332 e. The highest BCUT2D eigenvalue weighted by Crippen LogP contribution is 2.26. The van der Waals surface area contributed by atoms with Gasteiger partial charge in [0.1, 0.15) is 12.1 Å². The van der Waals surface area contributed by atoms with Crippen molar-refractivity contribution < 1.29 is 10.1 Å². The van der Waals surface area contributed by atoms with Gasteiger partial charge in [-0.2, -0.15) is 5.26 Å². The summed E-state index contributed by atoms with van der Waals surface area (Å²) in [6, 6.07) is 18.0. The van der Waals surface area contributed by atoms with E-state index in [9.17, 15) is 4.79 Å². The number of hydrogen-bond acceptors (Lipinski definition) is 2. The maximum atomic E-state index is 12.2. The third-order valence-corrected chi connectivity index (χ3v) is 4.33. The van der Waals surface area contributed by atoms with E-state index in [-0.39, 0.29) is 5.91 Å². The molecule has 2 aromatic carbocycles. The van der Waals surface area contributed by atoms with Crippen LogP contribution >= 0.6 is 0 Å². The molecule has 116 valence electrons. The summed E-state index contributed by atoms with van der Waals surface area (Å²) in [4.78, 5) is 12.2. The summed E-state index contributed by atoms with van der Waals surface area (Å²) in [7, 11) is 0. The highest BCUT2D eigenvalue weighted by Gasteiger charge is 2.23. The van der Waals surface area contributed by atoms with Gasteiger partial charge in [-0.15, -0.1) is 0 Å². The molecule has 0 fully saturated rings. The van der Waals surface area contributed by atoms with Gasteiger partial charge < -0.3 is 10.6 Å². The maximum Gasteiger partial charge on any atom is 0.279 e. The van der Waals surface area contributed by atoms with Crippen LogP contribution in [0.4, 0.5) is 5.69 Å². The number of nitriles is 1. The van der Waals surface area contributed by atoms with Gasteiger partial charge in [0.2, 0.25) is 0 Å². The molecule has 23 heavy (non-hydrogen) atoms. The number of carbonyl (C=O) groups excluding carboxylic acids is 1. The van der Waals surface area contributed by atoms with Crippen molar-refractivity contribution in [3.63, 3.8) is 0 Å². The molecule has 0 bridgehead atoms. The van der Waals surface area contributed by atoms with Gasteiger partial charge >= 0.3 is 0 Å². The van der Waals surface area contributed by atoms with Gasteiger partial charge in [-0.25, -0.2) is 0 Å². The van der Waals surface area contributed by atoms with E-state index in [4.69, 9.17) is 5.26 Å². The number of nitrogens with zero attached hydrogens (tertiary/aromatic N) is 1. The standard InChI is InChI=1S/C19H19N3O/c20-12-15-7-2-4-10-17(15)22-19(23)13-21-18-11-5-8-14-6-1-3-9-16(14)18/h1-4,6-7,9-10,18,21H,5,8,11,13H2,(H,22,23)/p+1/t18-/m0/s1. The molecule has 0 saturated heterocycles. The summed E-state index contributed by atoms with van der Waals surface area (Å²) in [6.45, 7) is 0.360. The number of nitrogens with one attached hydrogen (secondary N) is 1. The molecule has 3 N–H and O–H groups in total. The first-order valence-electron chi connectivity index (χ1n) is 7.98. The molecule has 0 spiro atoms. The molecule has 4 nitrogen and oxygen atoms in total. The zero-order valence-corrected chi connectivity index (χ0v) is 13.0. The number of hydrogen-bond donors (Lipinski definition) is 2. The lowest BCUT2D eigenvalue weighted by molar-refractivity contribution is -0.687. The van der Waals surface area contributed by atoms with E-state index in [1.165, 1.54) is 11.1 Å². The van der Waals surface area contributed by atoms with Crippen molar-refractivity contribution in [1.82, 2.24) is 0 Å². The summed E-state index contributed by atoms with van der Waals surface area (Å²) < 4.78 is 0. The highest BCUT2D eigenvalue weighted by molar-refractivity contribution is 5.92. The molecule has 0 aromatic heterocycles. The van der Waals surface area contributed by atoms with E-state index < -0.39 is 0 Å². The number of nitrogens with two attached hydrogens (primary N) is 1. The van der Waals surface area contributed by atoms with Crippen LogP contribution in [0.3, 0.4) is 0 Å². The molecule has 1 amide bonds. The molecule has 0 heterocycles. The van der Waals surface area contributed by atoms with Gasteiger partial charge in [0, 0.05) is 12.0 Å². The number of anilines is 1. The fourth-order valence-corrected chi connectivity index (χ4v) is 3.18. The third kappa shape index (κ3) is 3.58. The Morgan fingerprint density at radius 3 is 2.87 bits per heavy atom. The predicted octanol–water partition coefficient (Wildman–Crippen LogP) is 2.14. The highest BCUT2D eigenvalue weighted by atomic mass is 16.1. The first kappa shape index (κ1) is 15.3. The minimum atomic E-state index is -0.0734. The monoisotopic (exact) mass is 306 g/mol. The molecule has 0 aliphatic heterocycles. The lowest BCUT2D eigenvalue weighted by Crippen LogP contribution is -2.87. The molecular formula is C19H20N3O+. The Morgan fingerprint density at radius 2 is 2.00 bits per heavy atom. The SMILES string of the molecule is N#Cc1ccccc1NC(=O)C[NH2+][C@H]1CCCc2ccccc21. The quantitative estimate of drug-likeness (QED) is 0.908. The molecule has 0 unspecified atom stereocenters. The van der Waals surface area contributed by atoms with Crippen LogP contribution in [0.25, 0.3) is 0 Å². The van der Waals surface area contributed by atoms with Gasteiger partial charge in [-0.1, -0.05) is 36.4 Å². The fraction of sp³-hybridized carbons (Fsp3) is 0.263. The molecule has 4 heteroatoms. The van der Waals surface area contributed by atoms with Gasteiger partial charge in [-0.3, -0.25) is 4.79 Å². The first-order chi connectivity index (χ1) is 11.3. The summed E-state index contributed by atoms with van der Waals surface area (Å²) in [5.41, 5.74) is 3.82. The summed E-state index contributed by atoms with van der Waals surface area (Å²) in [5, 5.41) is 14.0. The number of quaternary nitrogens is 1. The van der Waals surface area contributed by atoms with Crippen molar-refractivity contribution in [3.05, 3.63) is 65.2 Å². The zero-order valence-electron chi connectivity index (χ0n) is 13.0. The number of amides is 1. The Bertz CT molecular complexity index is 748. The lowest BCUT2D eigenvalue weighted by Gasteiger charge is -2.23. The third-order valence-electron chi connectivity index (χ3n) is 4.33. The smallest absolute Gasteiger partial charge is 0.279 e. The maximum absolute atomic E-state index is 12.2. The molecule has 1 aliphatic rings. The number of rotatable bonds is 4. The number of para-hydroxylation sites is 1. The second-order valence-electron chi connectivity index (χ2n) is 5.84. The van der Waals surface area contributed by atoms with Gasteiger partial charge in [0.15, 0.2) is 6.54 Å². The van der Waals surface area contributed by atoms with E-state index in [0.29, 0.717) is 23.8 Å². The van der Waals surface area contributed by atoms with Gasteiger partial charge in [-0.05, 0) is 30.5 Å². The van der Waals surface area contributed by atoms with Crippen molar-refractivity contribution in [2.75, 3.05) is 11.9 Å². The largest absolute Gasteiger partial charge is 0.332 e. The second kappa shape index (κ2) is 7.08. The Hall–Kier alpha value is -2.64. The Morgan fingerprint density at radius 1 is 1.22 bits per heavy atom. The Balaban J connectivity index is 1.61. The summed E-state index contributed by atoms with van der Waals surface area (Å²) in [5.74, 6) is -0.0734. The molecule has 1 atom stereocenters. The zero-order chi connectivity index (χ0) is 16.1. The van der Waals surface area contributed by atoms with Crippen LogP contribution in [0.15, 0.2) is 48.5 Å². The van der Waals surface area contributed by atoms with Gasteiger partial charge in [0.05, 0.1) is 11.3 Å². The molecule has 0 saturated carbocycles. The molecule has 2 aromatic rings. The van der Waals surface area contributed by atoms with Crippen molar-refractivity contribution >= 4 is 11.6 Å². The Labute approximate surface area is 136 Å². The molecule has 0 radical (unpaired) electrons. The number of carbonyl (C=O) groups is 1. The van der Waals surface area contributed by atoms with Crippen LogP contribution in [-0.4, -0.2) is 12.5 Å². The van der Waals surface area contributed by atoms with Crippen LogP contribution in [0.1, 0.15) is 35.6 Å². The van der Waals surface area contributed by atoms with E-state index >= 15 is 0 Å². The molecular weight excluding hydrogens is 286 g/mol. The normalized spacial score (nSPS) is 16.2. The minimum absolute atomic E-state index is 0.0734. The average Bonchev–Trinajstić information content (AvgIpc) is 2.60. The Kier molecular flexibility index (Phi) is 4.70. The second-order valence-corrected chi connectivity index (χ2v) is 5.84. The van der Waals surface area contributed by atoms with E-state index in [1.807, 2.05) is 6.07 Å². The average molecular weight is 306 g/mol. The van der Waals surface area contributed by atoms with E-state index in [2.05, 4.69) is 41.0 Å². The lowest BCUT2D eigenvalue weighted by atomic mass is 9.88. The van der Waals surface area contributed by atoms with Crippen LogP contribution in [0.2, 0.25) is 0 Å². The first-order valence-corrected chi connectivity index (χ1v) is 7.98. The van der Waals surface area contributed by atoms with Crippen molar-refractivity contribution in [2.24, 2.45) is 0 Å². The number of benzene rings is 2. The number of fused-ring (bicyclic) bond motifs is 1. The summed E-state index contributed by atoms with van der Waals surface area (Å²) >= 11 is 0. The van der Waals surface area contributed by atoms with E-state index in [1.54, 1.807) is 18.2 Å². The van der Waals surface area contributed by atoms with Crippen LogP contribution in [0, 0.1) is 11.3 Å². The molecule has 3 rings (SSSR count). The van der Waals surface area contributed by atoms with Crippen molar-refractivity contribution in [1.29, 1.82) is 5.26 Å². The van der Waals surface area contributed by atoms with Crippen LogP contribution in [-0.2, 0) is 11.2 Å². The van der Waals surface area contributed by atoms with Crippen LogP contribution in [0.5, 0.6) is 0 Å². The van der Waals surface area contributed by atoms with Gasteiger partial charge in [0.25, 0.3) is 5.91 Å².